The molecule has 1 amide bonds. The van der Waals surface area contributed by atoms with Crippen molar-refractivity contribution < 1.29 is 4.79 Å². The first-order valence-corrected chi connectivity index (χ1v) is 5.89. The van der Waals surface area contributed by atoms with Gasteiger partial charge in [0.15, 0.2) is 0 Å². The molecule has 5 heteroatoms. The number of benzene rings is 1. The van der Waals surface area contributed by atoms with Gasteiger partial charge in [-0.1, -0.05) is 6.92 Å². The van der Waals surface area contributed by atoms with Gasteiger partial charge < -0.3 is 15.6 Å². The minimum absolute atomic E-state index is 0.0215. The lowest BCUT2D eigenvalue weighted by Crippen LogP contribution is -2.09. The van der Waals surface area contributed by atoms with Gasteiger partial charge in [-0.3, -0.25) is 4.79 Å². The van der Waals surface area contributed by atoms with Crippen molar-refractivity contribution in [3.63, 3.8) is 0 Å². The van der Waals surface area contributed by atoms with Crippen LogP contribution >= 0.6 is 0 Å². The standard InChI is InChI=1S/C13H16N4O/c1-2-13(18)17-11-5-3-10(4-6-11)15-8-12-7-14-9-16-12/h3-7,9,15H,2,8H2,1H3,(H,14,16)(H,17,18). The smallest absolute Gasteiger partial charge is 0.224 e. The van der Waals surface area contributed by atoms with Crippen LogP contribution in [-0.2, 0) is 11.3 Å². The van der Waals surface area contributed by atoms with Crippen LogP contribution in [0, 0.1) is 0 Å². The van der Waals surface area contributed by atoms with E-state index in [9.17, 15) is 4.79 Å². The maximum absolute atomic E-state index is 11.2. The van der Waals surface area contributed by atoms with Crippen molar-refractivity contribution >= 4 is 17.3 Å². The van der Waals surface area contributed by atoms with Crippen LogP contribution in [0.15, 0.2) is 36.8 Å². The van der Waals surface area contributed by atoms with E-state index in [1.165, 1.54) is 0 Å². The number of aromatic amines is 1. The summed E-state index contributed by atoms with van der Waals surface area (Å²) in [7, 11) is 0. The minimum atomic E-state index is 0.0215. The zero-order chi connectivity index (χ0) is 12.8. The summed E-state index contributed by atoms with van der Waals surface area (Å²) in [5.74, 6) is 0.0215. The molecule has 0 radical (unpaired) electrons. The summed E-state index contributed by atoms with van der Waals surface area (Å²) in [6.07, 6.45) is 3.92. The number of H-pyrrole nitrogens is 1. The van der Waals surface area contributed by atoms with E-state index in [1.807, 2.05) is 31.2 Å². The van der Waals surface area contributed by atoms with Gasteiger partial charge >= 0.3 is 0 Å². The molecule has 5 nitrogen and oxygen atoms in total. The molecule has 0 saturated carbocycles. The van der Waals surface area contributed by atoms with Crippen molar-refractivity contribution in [1.29, 1.82) is 0 Å². The molecule has 0 bridgehead atoms. The fourth-order valence-corrected chi connectivity index (χ4v) is 1.50. The zero-order valence-electron chi connectivity index (χ0n) is 10.2. The molecule has 2 aromatic rings. The second-order valence-corrected chi connectivity index (χ2v) is 3.91. The Labute approximate surface area is 106 Å². The van der Waals surface area contributed by atoms with Crippen molar-refractivity contribution in [2.75, 3.05) is 10.6 Å². The van der Waals surface area contributed by atoms with Crippen molar-refractivity contribution in [2.45, 2.75) is 19.9 Å². The Balaban J connectivity index is 1.89. The van der Waals surface area contributed by atoms with E-state index in [1.54, 1.807) is 12.5 Å². The van der Waals surface area contributed by atoms with Gasteiger partial charge in [0.05, 0.1) is 18.6 Å². The number of nitrogens with zero attached hydrogens (tertiary/aromatic N) is 1. The van der Waals surface area contributed by atoms with E-state index in [-0.39, 0.29) is 5.91 Å². The number of carbonyl (C=O) groups excluding carboxylic acids is 1. The minimum Gasteiger partial charge on any atom is -0.379 e. The summed E-state index contributed by atoms with van der Waals surface area (Å²) in [6, 6.07) is 7.62. The third-order valence-electron chi connectivity index (χ3n) is 2.53. The fraction of sp³-hybridized carbons (Fsp3) is 0.231. The van der Waals surface area contributed by atoms with Crippen LogP contribution in [0.1, 0.15) is 19.0 Å². The molecule has 0 fully saturated rings. The molecular formula is C13H16N4O. The Bertz CT molecular complexity index is 490. The molecule has 0 spiro atoms. The molecule has 0 atom stereocenters. The number of carbonyl (C=O) groups is 1. The molecule has 0 aliphatic carbocycles. The van der Waals surface area contributed by atoms with E-state index in [0.29, 0.717) is 13.0 Å². The van der Waals surface area contributed by atoms with E-state index in [0.717, 1.165) is 17.1 Å². The number of anilines is 2. The summed E-state index contributed by atoms with van der Waals surface area (Å²) >= 11 is 0. The fourth-order valence-electron chi connectivity index (χ4n) is 1.50. The Morgan fingerprint density at radius 1 is 1.28 bits per heavy atom. The molecular weight excluding hydrogens is 228 g/mol. The van der Waals surface area contributed by atoms with Crippen LogP contribution in [0.5, 0.6) is 0 Å². The normalized spacial score (nSPS) is 10.1. The van der Waals surface area contributed by atoms with Crippen molar-refractivity contribution in [2.24, 2.45) is 0 Å². The van der Waals surface area contributed by atoms with Gasteiger partial charge in [-0.25, -0.2) is 4.98 Å². The van der Waals surface area contributed by atoms with E-state index in [4.69, 9.17) is 0 Å². The van der Waals surface area contributed by atoms with Gasteiger partial charge in [-0.05, 0) is 24.3 Å². The molecule has 0 aliphatic rings. The number of hydrogen-bond acceptors (Lipinski definition) is 3. The summed E-state index contributed by atoms with van der Waals surface area (Å²) in [6.45, 7) is 2.52. The van der Waals surface area contributed by atoms with Gasteiger partial charge in [-0.15, -0.1) is 0 Å². The third-order valence-corrected chi connectivity index (χ3v) is 2.53. The van der Waals surface area contributed by atoms with Gasteiger partial charge in [0, 0.05) is 24.0 Å². The molecule has 18 heavy (non-hydrogen) atoms. The second kappa shape index (κ2) is 5.86. The van der Waals surface area contributed by atoms with Gasteiger partial charge in [-0.2, -0.15) is 0 Å². The van der Waals surface area contributed by atoms with Gasteiger partial charge in [0.25, 0.3) is 0 Å². The first kappa shape index (κ1) is 12.2. The summed E-state index contributed by atoms with van der Waals surface area (Å²) in [5.41, 5.74) is 2.84. The molecule has 1 aromatic heterocycles. The monoisotopic (exact) mass is 244 g/mol. The van der Waals surface area contributed by atoms with E-state index >= 15 is 0 Å². The molecule has 1 heterocycles. The Morgan fingerprint density at radius 3 is 2.61 bits per heavy atom. The Hall–Kier alpha value is -2.30. The molecule has 94 valence electrons. The third kappa shape index (κ3) is 3.35. The summed E-state index contributed by atoms with van der Waals surface area (Å²) < 4.78 is 0. The molecule has 3 N–H and O–H groups in total. The highest BCUT2D eigenvalue weighted by atomic mass is 16.1. The quantitative estimate of drug-likeness (QED) is 0.756. The van der Waals surface area contributed by atoms with Crippen LogP contribution in [0.4, 0.5) is 11.4 Å². The number of aromatic nitrogens is 2. The van der Waals surface area contributed by atoms with E-state index in [2.05, 4.69) is 20.6 Å². The van der Waals surface area contributed by atoms with Crippen molar-refractivity contribution in [1.82, 2.24) is 9.97 Å². The lowest BCUT2D eigenvalue weighted by atomic mass is 10.2. The number of rotatable bonds is 5. The van der Waals surface area contributed by atoms with Crippen LogP contribution < -0.4 is 10.6 Å². The zero-order valence-corrected chi connectivity index (χ0v) is 10.2. The average Bonchev–Trinajstić information content (AvgIpc) is 2.91. The van der Waals surface area contributed by atoms with Crippen molar-refractivity contribution in [3.8, 4) is 0 Å². The predicted molar refractivity (Wildman–Crippen MR) is 71.3 cm³/mol. The van der Waals surface area contributed by atoms with Crippen LogP contribution in [0.3, 0.4) is 0 Å². The molecule has 1 aromatic carbocycles. The first-order valence-electron chi connectivity index (χ1n) is 5.89. The molecule has 0 saturated heterocycles. The number of amides is 1. The van der Waals surface area contributed by atoms with Crippen LogP contribution in [-0.4, -0.2) is 15.9 Å². The average molecular weight is 244 g/mol. The highest BCUT2D eigenvalue weighted by molar-refractivity contribution is 5.90. The Morgan fingerprint density at radius 2 is 2.00 bits per heavy atom. The highest BCUT2D eigenvalue weighted by Gasteiger charge is 1.99. The van der Waals surface area contributed by atoms with Gasteiger partial charge in [0.1, 0.15) is 0 Å². The lowest BCUT2D eigenvalue weighted by Gasteiger charge is -2.07. The summed E-state index contributed by atoms with van der Waals surface area (Å²) in [5, 5.41) is 6.06. The topological polar surface area (TPSA) is 69.8 Å². The molecule has 0 aliphatic heterocycles. The molecule has 0 unspecified atom stereocenters. The van der Waals surface area contributed by atoms with Crippen LogP contribution in [0.2, 0.25) is 0 Å². The highest BCUT2D eigenvalue weighted by Crippen LogP contribution is 2.14. The first-order chi connectivity index (χ1) is 8.78. The SMILES string of the molecule is CCC(=O)Nc1ccc(NCc2cnc[nH]2)cc1. The van der Waals surface area contributed by atoms with Crippen molar-refractivity contribution in [3.05, 3.63) is 42.5 Å². The Kier molecular flexibility index (Phi) is 3.96. The number of nitrogens with one attached hydrogen (secondary N) is 3. The number of imidazole rings is 1. The van der Waals surface area contributed by atoms with E-state index < -0.39 is 0 Å². The predicted octanol–water partition coefficient (Wildman–Crippen LogP) is 2.37. The maximum atomic E-state index is 11.2. The van der Waals surface area contributed by atoms with Crippen LogP contribution in [0.25, 0.3) is 0 Å². The lowest BCUT2D eigenvalue weighted by molar-refractivity contribution is -0.115. The number of hydrogen-bond donors (Lipinski definition) is 3. The largest absolute Gasteiger partial charge is 0.379 e. The summed E-state index contributed by atoms with van der Waals surface area (Å²) in [4.78, 5) is 18.2. The second-order valence-electron chi connectivity index (χ2n) is 3.91. The maximum Gasteiger partial charge on any atom is 0.224 e. The van der Waals surface area contributed by atoms with Gasteiger partial charge in [0.2, 0.25) is 5.91 Å². The molecule has 2 rings (SSSR count).